The van der Waals surface area contributed by atoms with Gasteiger partial charge in [0.2, 0.25) is 76.8 Å². The summed E-state index contributed by atoms with van der Waals surface area (Å²) in [6, 6.07) is -11.8. The third-order valence-electron chi connectivity index (χ3n) is 13.3. The first-order chi connectivity index (χ1) is 41.8. The molecule has 2 rings (SSSR count). The van der Waals surface area contributed by atoms with E-state index in [1.54, 1.807) is 0 Å². The number of carbonyl (C=O) groups is 14. The minimum absolute atomic E-state index is 0.0428. The first kappa shape index (κ1) is 77.2. The first-order valence-electron chi connectivity index (χ1n) is 27.9. The van der Waals surface area contributed by atoms with E-state index in [2.05, 4.69) is 63.8 Å². The molecular weight excluding hydrogens is 1200 g/mol. The molecule has 0 spiro atoms. The highest BCUT2D eigenvalue weighted by molar-refractivity contribution is 5.95. The average Bonchev–Trinajstić information content (AvgIpc) is 0.861. The summed E-state index contributed by atoms with van der Waals surface area (Å²) in [4.78, 5) is 175. The van der Waals surface area contributed by atoms with Gasteiger partial charge in [-0.15, -0.1) is 0 Å². The number of carbonyl (C=O) groups excluding carboxylic acids is 13. The second-order valence-electron chi connectivity index (χ2n) is 20.5. The number of nitrogens with one attached hydrogen (secondary N) is 12. The number of hydrogen-bond donors (Lipinski definition) is 21. The SMILES string of the molecule is CC(=O)NC1C(OC2C(CO)OC(O)C(NC(C)=O)C2OC(C)C(=O)NC(C)C(=O)NC(CCC(=O)NC(CCCCNC(=O)CNC(=O)CNC(=O)C(CO)NC(=O)CNC(=O)CN)C(=O)NC(C)C(=O)NC(C)C(=O)O)C(N)=O)OC(CO)C(O)C1O. The van der Waals surface area contributed by atoms with Gasteiger partial charge in [0.1, 0.15) is 91.1 Å². The summed E-state index contributed by atoms with van der Waals surface area (Å²) in [5.41, 5.74) is 10.7. The molecule has 13 amide bonds. The summed E-state index contributed by atoms with van der Waals surface area (Å²) >= 11 is 0. The van der Waals surface area contributed by atoms with Gasteiger partial charge in [0.05, 0.1) is 46.0 Å². The lowest BCUT2D eigenvalue weighted by Crippen LogP contribution is -2.70. The molecule has 0 radical (unpaired) electrons. The lowest BCUT2D eigenvalue weighted by atomic mass is 9.94. The van der Waals surface area contributed by atoms with Crippen LogP contribution in [0.4, 0.5) is 0 Å². The van der Waals surface area contributed by atoms with Crippen LogP contribution in [0.2, 0.25) is 0 Å². The molecule has 17 atom stereocenters. The number of ether oxygens (including phenoxy) is 4. The van der Waals surface area contributed by atoms with E-state index >= 15 is 0 Å². The lowest BCUT2D eigenvalue weighted by molar-refractivity contribution is -0.333. The van der Waals surface area contributed by atoms with Gasteiger partial charge in [-0.25, -0.2) is 0 Å². The molecule has 0 aromatic heterocycles. The van der Waals surface area contributed by atoms with Crippen molar-refractivity contribution in [1.82, 2.24) is 63.8 Å². The number of hydrogen-bond acceptors (Lipinski definition) is 25. The van der Waals surface area contributed by atoms with Crippen LogP contribution < -0.4 is 75.3 Å². The lowest BCUT2D eigenvalue weighted by Gasteiger charge is -2.48. The molecule has 0 aliphatic carbocycles. The summed E-state index contributed by atoms with van der Waals surface area (Å²) in [6.45, 7) is 2.03. The molecule has 2 heterocycles. The quantitative estimate of drug-likeness (QED) is 0.0257. The molecule has 23 N–H and O–H groups in total. The Morgan fingerprint density at radius 1 is 0.528 bits per heavy atom. The number of aliphatic hydroxyl groups excluding tert-OH is 6. The second kappa shape index (κ2) is 38.5. The smallest absolute Gasteiger partial charge is 0.325 e. The van der Waals surface area contributed by atoms with E-state index in [-0.39, 0.29) is 25.8 Å². The normalized spacial score (nSPS) is 23.7. The molecule has 17 unspecified atom stereocenters. The summed E-state index contributed by atoms with van der Waals surface area (Å²) in [5.74, 6) is -12.8. The maximum Gasteiger partial charge on any atom is 0.325 e. The number of amides is 13. The third kappa shape index (κ3) is 26.4. The Hall–Kier alpha value is -7.86. The number of unbranched alkanes of at least 4 members (excludes halogenated alkanes) is 1. The summed E-state index contributed by atoms with van der Waals surface area (Å²) < 4.78 is 23.2. The minimum Gasteiger partial charge on any atom is -0.480 e. The second-order valence-corrected chi connectivity index (χ2v) is 20.5. The van der Waals surface area contributed by atoms with Gasteiger partial charge in [-0.2, -0.15) is 0 Å². The fourth-order valence-corrected chi connectivity index (χ4v) is 8.38. The van der Waals surface area contributed by atoms with Crippen LogP contribution in [0.15, 0.2) is 0 Å². The predicted molar refractivity (Wildman–Crippen MR) is 297 cm³/mol. The number of rotatable bonds is 37. The fourth-order valence-electron chi connectivity index (χ4n) is 8.38. The van der Waals surface area contributed by atoms with Crippen molar-refractivity contribution in [3.05, 3.63) is 0 Å². The van der Waals surface area contributed by atoms with Crippen molar-refractivity contribution in [2.75, 3.05) is 52.5 Å². The Bertz CT molecular complexity index is 2480. The van der Waals surface area contributed by atoms with Crippen LogP contribution in [0.5, 0.6) is 0 Å². The van der Waals surface area contributed by atoms with Gasteiger partial charge in [-0.05, 0) is 53.4 Å². The van der Waals surface area contributed by atoms with E-state index in [1.807, 2.05) is 0 Å². The molecule has 89 heavy (non-hydrogen) atoms. The molecule has 2 saturated heterocycles. The van der Waals surface area contributed by atoms with Crippen molar-refractivity contribution in [3.63, 3.8) is 0 Å². The van der Waals surface area contributed by atoms with E-state index in [9.17, 15) is 103 Å². The number of aliphatic hydroxyl groups is 6. The summed E-state index contributed by atoms with van der Waals surface area (Å²) in [7, 11) is 0. The van der Waals surface area contributed by atoms with Gasteiger partial charge >= 0.3 is 5.97 Å². The van der Waals surface area contributed by atoms with E-state index in [1.165, 1.54) is 27.7 Å². The van der Waals surface area contributed by atoms with Crippen molar-refractivity contribution in [2.45, 2.75) is 177 Å². The number of carboxylic acids is 1. The monoisotopic (exact) mass is 1280 g/mol. The van der Waals surface area contributed by atoms with Crippen molar-refractivity contribution >= 4 is 82.8 Å². The van der Waals surface area contributed by atoms with Crippen LogP contribution in [-0.2, 0) is 86.1 Å². The van der Waals surface area contributed by atoms with Crippen molar-refractivity contribution in [2.24, 2.45) is 11.5 Å². The Labute approximate surface area is 508 Å². The Kier molecular flexibility index (Phi) is 33.4. The molecule has 2 aliphatic heterocycles. The van der Waals surface area contributed by atoms with E-state index in [4.69, 9.17) is 30.4 Å². The molecule has 2 fully saturated rings. The number of aliphatic carboxylic acids is 1. The molecule has 39 heteroatoms. The third-order valence-corrected chi connectivity index (χ3v) is 13.3. The van der Waals surface area contributed by atoms with Gasteiger partial charge in [-0.1, -0.05) is 0 Å². The van der Waals surface area contributed by atoms with Gasteiger partial charge in [0.25, 0.3) is 0 Å². The van der Waals surface area contributed by atoms with Crippen LogP contribution in [0.3, 0.4) is 0 Å². The topological polar surface area (TPSA) is 614 Å². The van der Waals surface area contributed by atoms with E-state index < -0.39 is 245 Å². The van der Waals surface area contributed by atoms with Crippen LogP contribution in [0, 0.1) is 0 Å². The van der Waals surface area contributed by atoms with Gasteiger partial charge in [0, 0.05) is 26.8 Å². The zero-order valence-electron chi connectivity index (χ0n) is 49.6. The molecular formula is C50H84N14O25. The van der Waals surface area contributed by atoms with Crippen LogP contribution in [0.1, 0.15) is 73.6 Å². The Morgan fingerprint density at radius 3 is 1.64 bits per heavy atom. The highest BCUT2D eigenvalue weighted by atomic mass is 16.7. The summed E-state index contributed by atoms with van der Waals surface area (Å²) in [6.07, 6.45) is -16.2. The van der Waals surface area contributed by atoms with Crippen LogP contribution in [0.25, 0.3) is 0 Å². The zero-order valence-corrected chi connectivity index (χ0v) is 49.6. The van der Waals surface area contributed by atoms with Crippen LogP contribution >= 0.6 is 0 Å². The minimum atomic E-state index is -1.93. The maximum absolute atomic E-state index is 13.7. The first-order valence-corrected chi connectivity index (χ1v) is 27.9. The Balaban J connectivity index is 2.12. The largest absolute Gasteiger partial charge is 0.480 e. The Morgan fingerprint density at radius 2 is 1.07 bits per heavy atom. The molecule has 0 aromatic rings. The van der Waals surface area contributed by atoms with Gasteiger partial charge in [0.15, 0.2) is 12.6 Å². The standard InChI is InChI=1S/C50H84N14O25/c1-20(43(78)59-22(3)48(83)84)58-47(82)27(9-7-8-12-53-33(72)14-55-34(73)15-56-46(81)28(17-65)63-35(74)16-54-32(71)13-51)62-31(70)11-10-26(42(52)77)64-44(79)21(2)57-45(80)23(4)86-41-37(61-25(6)69)49(85)87-30(19-67)40(41)89-50-36(60-24(5)68)39(76)38(75)29(18-66)88-50/h20-23,26-30,36-41,49-50,65-67,75-76,85H,7-19,51H2,1-6H3,(H2,52,77)(H,53,72)(H,54,71)(H,55,73)(H,56,81)(H,57,80)(H,58,82)(H,59,78)(H,60,68)(H,61,69)(H,62,70)(H,63,74)(H,64,79)(H,83,84). The van der Waals surface area contributed by atoms with E-state index in [0.717, 1.165) is 13.8 Å². The maximum atomic E-state index is 13.7. The molecule has 39 nitrogen and oxygen atoms in total. The molecule has 504 valence electrons. The van der Waals surface area contributed by atoms with Crippen molar-refractivity contribution in [3.8, 4) is 0 Å². The van der Waals surface area contributed by atoms with Gasteiger partial charge in [-0.3, -0.25) is 67.1 Å². The number of primary amides is 1. The van der Waals surface area contributed by atoms with Gasteiger partial charge < -0.3 is 130 Å². The number of carboxylic acid groups (broad SMARTS) is 1. The molecule has 0 bridgehead atoms. The van der Waals surface area contributed by atoms with Crippen LogP contribution in [-0.4, -0.2) is 275 Å². The zero-order chi connectivity index (χ0) is 67.4. The van der Waals surface area contributed by atoms with Crippen molar-refractivity contribution < 1.29 is 122 Å². The van der Waals surface area contributed by atoms with E-state index in [0.29, 0.717) is 0 Å². The predicted octanol–water partition coefficient (Wildman–Crippen LogP) is -12.8. The van der Waals surface area contributed by atoms with Crippen molar-refractivity contribution in [1.29, 1.82) is 0 Å². The fraction of sp³-hybridized carbons (Fsp3) is 0.720. The highest BCUT2D eigenvalue weighted by Gasteiger charge is 2.53. The highest BCUT2D eigenvalue weighted by Crippen LogP contribution is 2.31. The number of nitrogens with two attached hydrogens (primary N) is 2. The summed E-state index contributed by atoms with van der Waals surface area (Å²) in [5, 5.41) is 98.8. The molecule has 0 aromatic carbocycles. The molecule has 2 aliphatic rings. The average molecular weight is 1280 g/mol. The molecule has 0 saturated carbocycles.